The Hall–Kier alpha value is -3.62. The molecule has 0 amide bonds. The highest BCUT2D eigenvalue weighted by molar-refractivity contribution is 5.97. The standard InChI is InChI=1S/C23H23F2N5O2/c1-26-19-6-5-14(10-16(19)22(31)32-2)18-7-8-20(30-29-18)28-13-23(11-15(24)12-23)21-17(25)4-3-9-27-21/h3-10,15,26H,11-13H2,1-2H3,(H,28,30). The molecule has 1 saturated carbocycles. The molecule has 0 saturated heterocycles. The van der Waals surface area contributed by atoms with Crippen LogP contribution in [-0.4, -0.2) is 48.0 Å². The minimum absolute atomic E-state index is 0.202. The van der Waals surface area contributed by atoms with E-state index in [1.807, 2.05) is 6.07 Å². The largest absolute Gasteiger partial charge is 0.465 e. The van der Waals surface area contributed by atoms with Gasteiger partial charge in [0.25, 0.3) is 0 Å². The molecule has 1 aliphatic rings. The summed E-state index contributed by atoms with van der Waals surface area (Å²) < 4.78 is 32.8. The molecule has 166 valence electrons. The molecular weight excluding hydrogens is 416 g/mol. The Balaban J connectivity index is 1.51. The van der Waals surface area contributed by atoms with Gasteiger partial charge in [-0.3, -0.25) is 4.98 Å². The van der Waals surface area contributed by atoms with Gasteiger partial charge in [0, 0.05) is 36.5 Å². The highest BCUT2D eigenvalue weighted by Crippen LogP contribution is 2.45. The van der Waals surface area contributed by atoms with Gasteiger partial charge in [-0.2, -0.15) is 0 Å². The zero-order valence-corrected chi connectivity index (χ0v) is 17.7. The highest BCUT2D eigenvalue weighted by Gasteiger charge is 2.48. The summed E-state index contributed by atoms with van der Waals surface area (Å²) >= 11 is 0. The molecule has 0 spiro atoms. The van der Waals surface area contributed by atoms with E-state index in [1.54, 1.807) is 31.3 Å². The fourth-order valence-corrected chi connectivity index (χ4v) is 4.03. The number of aromatic nitrogens is 3. The maximum absolute atomic E-state index is 14.3. The third-order valence-electron chi connectivity index (χ3n) is 5.75. The molecule has 7 nitrogen and oxygen atoms in total. The van der Waals surface area contributed by atoms with Crippen LogP contribution < -0.4 is 10.6 Å². The predicted octanol–water partition coefficient (Wildman–Crippen LogP) is 3.99. The van der Waals surface area contributed by atoms with E-state index >= 15 is 0 Å². The summed E-state index contributed by atoms with van der Waals surface area (Å²) in [5.74, 6) is -0.415. The lowest BCUT2D eigenvalue weighted by Crippen LogP contribution is -2.49. The molecule has 0 bridgehead atoms. The smallest absolute Gasteiger partial charge is 0.339 e. The number of carbonyl (C=O) groups excluding carboxylic acids is 1. The zero-order valence-electron chi connectivity index (χ0n) is 17.7. The van der Waals surface area contributed by atoms with E-state index in [1.165, 1.54) is 25.4 Å². The molecule has 0 atom stereocenters. The number of anilines is 2. The number of esters is 1. The van der Waals surface area contributed by atoms with Crippen molar-refractivity contribution in [2.45, 2.75) is 24.4 Å². The molecule has 2 N–H and O–H groups in total. The van der Waals surface area contributed by atoms with E-state index in [-0.39, 0.29) is 18.5 Å². The number of benzene rings is 1. The van der Waals surface area contributed by atoms with Crippen LogP contribution in [0.3, 0.4) is 0 Å². The van der Waals surface area contributed by atoms with Crippen LogP contribution in [0.2, 0.25) is 0 Å². The van der Waals surface area contributed by atoms with Crippen molar-refractivity contribution >= 4 is 17.5 Å². The van der Waals surface area contributed by atoms with Crippen molar-refractivity contribution in [3.05, 3.63) is 65.7 Å². The molecule has 1 aromatic carbocycles. The molecule has 4 rings (SSSR count). The third-order valence-corrected chi connectivity index (χ3v) is 5.75. The first kappa shape index (κ1) is 21.6. The van der Waals surface area contributed by atoms with Crippen LogP contribution in [-0.2, 0) is 10.2 Å². The van der Waals surface area contributed by atoms with E-state index in [9.17, 15) is 13.6 Å². The number of methoxy groups -OCH3 is 1. The number of pyridine rings is 1. The fourth-order valence-electron chi connectivity index (χ4n) is 4.03. The van der Waals surface area contributed by atoms with Gasteiger partial charge in [0.05, 0.1) is 24.1 Å². The summed E-state index contributed by atoms with van der Waals surface area (Å²) in [6.07, 6.45) is 0.944. The molecule has 1 aliphatic carbocycles. The predicted molar refractivity (Wildman–Crippen MR) is 117 cm³/mol. The lowest BCUT2D eigenvalue weighted by Gasteiger charge is -2.44. The molecule has 0 radical (unpaired) electrons. The van der Waals surface area contributed by atoms with Crippen molar-refractivity contribution < 1.29 is 18.3 Å². The number of alkyl halides is 1. The molecule has 9 heteroatoms. The molecule has 0 unspecified atom stereocenters. The number of carbonyl (C=O) groups is 1. The van der Waals surface area contributed by atoms with Gasteiger partial charge in [0.2, 0.25) is 0 Å². The maximum atomic E-state index is 14.3. The first-order chi connectivity index (χ1) is 15.5. The Morgan fingerprint density at radius 1 is 1.22 bits per heavy atom. The van der Waals surface area contributed by atoms with Gasteiger partial charge >= 0.3 is 5.97 Å². The van der Waals surface area contributed by atoms with Crippen molar-refractivity contribution in [3.8, 4) is 11.3 Å². The van der Waals surface area contributed by atoms with Crippen LogP contribution in [0.15, 0.2) is 48.7 Å². The van der Waals surface area contributed by atoms with E-state index in [0.717, 1.165) is 0 Å². The van der Waals surface area contributed by atoms with Crippen LogP contribution in [0.25, 0.3) is 11.3 Å². The van der Waals surface area contributed by atoms with Crippen LogP contribution in [0, 0.1) is 5.82 Å². The summed E-state index contributed by atoms with van der Waals surface area (Å²) in [6.45, 7) is 0.290. The summed E-state index contributed by atoms with van der Waals surface area (Å²) in [5.41, 5.74) is 1.86. The summed E-state index contributed by atoms with van der Waals surface area (Å²) in [7, 11) is 3.05. The van der Waals surface area contributed by atoms with Crippen LogP contribution in [0.4, 0.5) is 20.3 Å². The minimum Gasteiger partial charge on any atom is -0.465 e. The number of rotatable bonds is 7. The topological polar surface area (TPSA) is 89.0 Å². The summed E-state index contributed by atoms with van der Waals surface area (Å²) in [4.78, 5) is 16.2. The second-order valence-electron chi connectivity index (χ2n) is 7.78. The van der Waals surface area contributed by atoms with Crippen molar-refractivity contribution in [1.29, 1.82) is 0 Å². The van der Waals surface area contributed by atoms with Crippen molar-refractivity contribution in [2.24, 2.45) is 0 Å². The number of ether oxygens (including phenoxy) is 1. The van der Waals surface area contributed by atoms with Gasteiger partial charge in [-0.05, 0) is 49.2 Å². The summed E-state index contributed by atoms with van der Waals surface area (Å²) in [6, 6.07) is 11.6. The molecule has 32 heavy (non-hydrogen) atoms. The Bertz CT molecular complexity index is 1120. The Labute approximate surface area is 184 Å². The average Bonchev–Trinajstić information content (AvgIpc) is 2.81. The Morgan fingerprint density at radius 3 is 2.66 bits per heavy atom. The quantitative estimate of drug-likeness (QED) is 0.538. The zero-order chi connectivity index (χ0) is 22.7. The van der Waals surface area contributed by atoms with Gasteiger partial charge in [-0.25, -0.2) is 13.6 Å². The van der Waals surface area contributed by atoms with Gasteiger partial charge in [-0.1, -0.05) is 6.07 Å². The molecule has 0 aliphatic heterocycles. The number of nitrogens with one attached hydrogen (secondary N) is 2. The SMILES string of the molecule is CNc1ccc(-c2ccc(NCC3(c4ncccc4F)CC(F)C3)nn2)cc1C(=O)OC. The lowest BCUT2D eigenvalue weighted by molar-refractivity contribution is 0.0602. The van der Waals surface area contributed by atoms with Crippen LogP contribution in [0.5, 0.6) is 0 Å². The van der Waals surface area contributed by atoms with Gasteiger partial charge in [0.15, 0.2) is 0 Å². The van der Waals surface area contributed by atoms with Crippen LogP contribution >= 0.6 is 0 Å². The maximum Gasteiger partial charge on any atom is 0.339 e. The van der Waals surface area contributed by atoms with E-state index in [0.29, 0.717) is 34.9 Å². The van der Waals surface area contributed by atoms with E-state index in [4.69, 9.17) is 4.74 Å². The van der Waals surface area contributed by atoms with Gasteiger partial charge in [-0.15, -0.1) is 10.2 Å². The number of hydrogen-bond acceptors (Lipinski definition) is 7. The molecular formula is C23H23F2N5O2. The molecule has 3 aromatic rings. The van der Waals surface area contributed by atoms with E-state index < -0.39 is 23.4 Å². The monoisotopic (exact) mass is 439 g/mol. The first-order valence-corrected chi connectivity index (χ1v) is 10.2. The van der Waals surface area contributed by atoms with Gasteiger partial charge in [0.1, 0.15) is 17.8 Å². The second-order valence-corrected chi connectivity index (χ2v) is 7.78. The van der Waals surface area contributed by atoms with Crippen molar-refractivity contribution in [3.63, 3.8) is 0 Å². The third kappa shape index (κ3) is 4.10. The average molecular weight is 439 g/mol. The Morgan fingerprint density at radius 2 is 2.03 bits per heavy atom. The minimum atomic E-state index is -0.976. The van der Waals surface area contributed by atoms with Crippen LogP contribution in [0.1, 0.15) is 28.9 Å². The number of halogens is 2. The lowest BCUT2D eigenvalue weighted by atomic mass is 9.65. The molecule has 2 aromatic heterocycles. The number of hydrogen-bond donors (Lipinski definition) is 2. The first-order valence-electron chi connectivity index (χ1n) is 10.2. The second kappa shape index (κ2) is 8.86. The molecule has 2 heterocycles. The molecule has 1 fully saturated rings. The highest BCUT2D eigenvalue weighted by atomic mass is 19.1. The fraction of sp³-hybridized carbons (Fsp3) is 0.304. The Kier molecular flexibility index (Phi) is 5.98. The number of nitrogens with zero attached hydrogens (tertiary/aromatic N) is 3. The van der Waals surface area contributed by atoms with E-state index in [2.05, 4.69) is 25.8 Å². The van der Waals surface area contributed by atoms with Crippen molar-refractivity contribution in [2.75, 3.05) is 31.3 Å². The summed E-state index contributed by atoms with van der Waals surface area (Å²) in [5, 5.41) is 14.5. The van der Waals surface area contributed by atoms with Crippen molar-refractivity contribution in [1.82, 2.24) is 15.2 Å². The van der Waals surface area contributed by atoms with Gasteiger partial charge < -0.3 is 15.4 Å². The normalized spacial score (nSPS) is 19.7.